The molecule has 0 aromatic heterocycles. The van der Waals surface area contributed by atoms with E-state index in [9.17, 15) is 0 Å². The molecule has 0 bridgehead atoms. The number of nitrogens with zero attached hydrogens (tertiary/aromatic N) is 2. The first-order chi connectivity index (χ1) is 7.27. The lowest BCUT2D eigenvalue weighted by atomic mass is 10.1. The summed E-state index contributed by atoms with van der Waals surface area (Å²) in [6.07, 6.45) is 7.62. The Balaban J connectivity index is 2.93. The second-order valence-corrected chi connectivity index (χ2v) is 3.18. The van der Waals surface area contributed by atoms with E-state index in [0.717, 1.165) is 11.1 Å². The van der Waals surface area contributed by atoms with E-state index in [2.05, 4.69) is 17.6 Å². The predicted molar refractivity (Wildman–Crippen MR) is 67.0 cm³/mol. The Kier molecular flexibility index (Phi) is 4.35. The Morgan fingerprint density at radius 3 is 2.53 bits per heavy atom. The average molecular weight is 200 g/mol. The molecule has 1 aromatic carbocycles. The molecule has 0 aliphatic carbocycles. The Morgan fingerprint density at radius 2 is 1.93 bits per heavy atom. The lowest BCUT2D eigenvalue weighted by Gasteiger charge is -2.06. The van der Waals surface area contributed by atoms with Gasteiger partial charge in [0.2, 0.25) is 0 Å². The van der Waals surface area contributed by atoms with Gasteiger partial charge in [0.05, 0.1) is 0 Å². The molecule has 0 spiro atoms. The van der Waals surface area contributed by atoms with Gasteiger partial charge in [0.15, 0.2) is 0 Å². The average Bonchev–Trinajstić information content (AvgIpc) is 2.28. The third-order valence-corrected chi connectivity index (χ3v) is 2.04. The Morgan fingerprint density at radius 1 is 1.27 bits per heavy atom. The van der Waals surface area contributed by atoms with Crippen LogP contribution in [0.3, 0.4) is 0 Å². The molecule has 2 nitrogen and oxygen atoms in total. The van der Waals surface area contributed by atoms with Crippen molar-refractivity contribution in [3.05, 3.63) is 54.4 Å². The van der Waals surface area contributed by atoms with Crippen molar-refractivity contribution in [1.82, 2.24) is 4.90 Å². The minimum atomic E-state index is 1.12. The van der Waals surface area contributed by atoms with Gasteiger partial charge in [-0.15, -0.1) is 0 Å². The van der Waals surface area contributed by atoms with Crippen molar-refractivity contribution in [3.63, 3.8) is 0 Å². The topological polar surface area (TPSA) is 15.6 Å². The second kappa shape index (κ2) is 5.81. The molecule has 2 heteroatoms. The number of hydrogen-bond donors (Lipinski definition) is 0. The zero-order valence-electron chi connectivity index (χ0n) is 9.22. The number of hydrogen-bond acceptors (Lipinski definition) is 2. The summed E-state index contributed by atoms with van der Waals surface area (Å²) in [6.45, 7) is 3.68. The molecule has 0 atom stereocenters. The third kappa shape index (κ3) is 3.43. The summed E-state index contributed by atoms with van der Waals surface area (Å²) >= 11 is 0. The molecule has 1 aromatic rings. The normalized spacial score (nSPS) is 11.1. The van der Waals surface area contributed by atoms with E-state index >= 15 is 0 Å². The smallest absolute Gasteiger partial charge is 0.0287 e. The standard InChI is InChI=1S/C13H16N2/c1-4-15(3)10-9-12-7-5-6-8-13(12)11-14-2/h4-11H,1H2,2-3H3/b10-9-,14-11+. The lowest BCUT2D eigenvalue weighted by Crippen LogP contribution is -1.98. The minimum Gasteiger partial charge on any atom is -0.358 e. The molecule has 0 heterocycles. The molecule has 0 aliphatic heterocycles. The van der Waals surface area contributed by atoms with E-state index in [1.54, 1.807) is 13.2 Å². The SMILES string of the molecule is C=CN(C)/C=C\c1ccccc1/C=N/C. The second-order valence-electron chi connectivity index (χ2n) is 3.18. The Bertz CT molecular complexity index is 378. The number of aliphatic imine (C=N–C) groups is 1. The van der Waals surface area contributed by atoms with Crippen LogP contribution >= 0.6 is 0 Å². The fraction of sp³-hybridized carbons (Fsp3) is 0.154. The maximum atomic E-state index is 4.02. The summed E-state index contributed by atoms with van der Waals surface area (Å²) in [7, 11) is 3.72. The summed E-state index contributed by atoms with van der Waals surface area (Å²) < 4.78 is 0. The largest absolute Gasteiger partial charge is 0.358 e. The lowest BCUT2D eigenvalue weighted by molar-refractivity contribution is 0.632. The first-order valence-electron chi connectivity index (χ1n) is 4.82. The highest BCUT2D eigenvalue weighted by Crippen LogP contribution is 2.08. The van der Waals surface area contributed by atoms with Crippen molar-refractivity contribution in [3.8, 4) is 0 Å². The van der Waals surface area contributed by atoms with Gasteiger partial charge in [-0.05, 0) is 23.4 Å². The first-order valence-corrected chi connectivity index (χ1v) is 4.82. The highest BCUT2D eigenvalue weighted by atomic mass is 15.0. The van der Waals surface area contributed by atoms with E-state index < -0.39 is 0 Å². The van der Waals surface area contributed by atoms with Crippen LogP contribution in [-0.4, -0.2) is 25.2 Å². The quantitative estimate of drug-likeness (QED) is 0.682. The first kappa shape index (κ1) is 11.2. The van der Waals surface area contributed by atoms with Crippen molar-refractivity contribution in [2.24, 2.45) is 4.99 Å². The zero-order chi connectivity index (χ0) is 11.1. The Labute approximate surface area is 91.3 Å². The molecule has 0 unspecified atom stereocenters. The van der Waals surface area contributed by atoms with Crippen LogP contribution in [0.25, 0.3) is 6.08 Å². The summed E-state index contributed by atoms with van der Waals surface area (Å²) in [5, 5.41) is 0. The van der Waals surface area contributed by atoms with E-state index in [-0.39, 0.29) is 0 Å². The van der Waals surface area contributed by atoms with Crippen molar-refractivity contribution < 1.29 is 0 Å². The molecule has 0 fully saturated rings. The van der Waals surface area contributed by atoms with Gasteiger partial charge in [-0.2, -0.15) is 0 Å². The highest BCUT2D eigenvalue weighted by molar-refractivity contribution is 5.85. The van der Waals surface area contributed by atoms with Crippen molar-refractivity contribution >= 4 is 12.3 Å². The van der Waals surface area contributed by atoms with Crippen LogP contribution in [0.4, 0.5) is 0 Å². The van der Waals surface area contributed by atoms with E-state index in [4.69, 9.17) is 0 Å². The molecule has 0 radical (unpaired) electrons. The molecular formula is C13H16N2. The van der Waals surface area contributed by atoms with Gasteiger partial charge in [0, 0.05) is 26.5 Å². The molecular weight excluding hydrogens is 184 g/mol. The maximum Gasteiger partial charge on any atom is 0.0287 e. The minimum absolute atomic E-state index is 1.12. The van der Waals surface area contributed by atoms with Crippen LogP contribution < -0.4 is 0 Å². The van der Waals surface area contributed by atoms with E-state index in [1.807, 2.05) is 48.6 Å². The van der Waals surface area contributed by atoms with Crippen molar-refractivity contribution in [1.29, 1.82) is 0 Å². The molecule has 0 saturated heterocycles. The van der Waals surface area contributed by atoms with E-state index in [0.29, 0.717) is 0 Å². The van der Waals surface area contributed by atoms with Crippen LogP contribution in [0.5, 0.6) is 0 Å². The fourth-order valence-electron chi connectivity index (χ4n) is 1.18. The highest BCUT2D eigenvalue weighted by Gasteiger charge is 1.93. The molecule has 0 aliphatic rings. The fourth-order valence-corrected chi connectivity index (χ4v) is 1.18. The van der Waals surface area contributed by atoms with Gasteiger partial charge in [0.25, 0.3) is 0 Å². The van der Waals surface area contributed by atoms with E-state index in [1.165, 1.54) is 0 Å². The van der Waals surface area contributed by atoms with Gasteiger partial charge in [0.1, 0.15) is 0 Å². The Hall–Kier alpha value is -1.83. The van der Waals surface area contributed by atoms with Crippen LogP contribution in [0.15, 0.2) is 48.2 Å². The molecule has 1 rings (SSSR count). The summed E-state index contributed by atoms with van der Waals surface area (Å²) in [6, 6.07) is 8.12. The van der Waals surface area contributed by atoms with Gasteiger partial charge in [-0.1, -0.05) is 30.8 Å². The number of benzene rings is 1. The summed E-state index contributed by atoms with van der Waals surface area (Å²) in [4.78, 5) is 5.92. The number of rotatable bonds is 4. The molecule has 0 saturated carbocycles. The van der Waals surface area contributed by atoms with Crippen LogP contribution in [0.1, 0.15) is 11.1 Å². The monoisotopic (exact) mass is 200 g/mol. The maximum absolute atomic E-state index is 4.02. The molecule has 0 N–H and O–H groups in total. The van der Waals surface area contributed by atoms with Crippen molar-refractivity contribution in [2.45, 2.75) is 0 Å². The van der Waals surface area contributed by atoms with Gasteiger partial charge >= 0.3 is 0 Å². The third-order valence-electron chi connectivity index (χ3n) is 2.04. The molecule has 15 heavy (non-hydrogen) atoms. The van der Waals surface area contributed by atoms with Crippen LogP contribution in [0, 0.1) is 0 Å². The summed E-state index contributed by atoms with van der Waals surface area (Å²) in [5.41, 5.74) is 2.27. The predicted octanol–water partition coefficient (Wildman–Crippen LogP) is 2.78. The van der Waals surface area contributed by atoms with Gasteiger partial charge in [-0.25, -0.2) is 0 Å². The molecule has 78 valence electrons. The summed E-state index contributed by atoms with van der Waals surface area (Å²) in [5.74, 6) is 0. The van der Waals surface area contributed by atoms with Gasteiger partial charge < -0.3 is 4.90 Å². The molecule has 0 amide bonds. The van der Waals surface area contributed by atoms with Crippen LogP contribution in [0.2, 0.25) is 0 Å². The zero-order valence-corrected chi connectivity index (χ0v) is 9.22. The van der Waals surface area contributed by atoms with Crippen LogP contribution in [-0.2, 0) is 0 Å². The van der Waals surface area contributed by atoms with Crippen molar-refractivity contribution in [2.75, 3.05) is 14.1 Å². The van der Waals surface area contributed by atoms with Gasteiger partial charge in [-0.3, -0.25) is 4.99 Å².